The van der Waals surface area contributed by atoms with E-state index in [9.17, 15) is 43.9 Å². The molecule has 0 saturated heterocycles. The second-order valence-corrected chi connectivity index (χ2v) is 7.68. The molecular weight excluding hydrogens is 506 g/mol. The van der Waals surface area contributed by atoms with Gasteiger partial charge in [-0.25, -0.2) is 22.0 Å². The van der Waals surface area contributed by atoms with Gasteiger partial charge in [0, 0.05) is 12.1 Å². The summed E-state index contributed by atoms with van der Waals surface area (Å²) in [6.45, 7) is 1.96. The predicted octanol–water partition coefficient (Wildman–Crippen LogP) is 8.86. The van der Waals surface area contributed by atoms with E-state index in [0.29, 0.717) is 17.7 Å². The summed E-state index contributed by atoms with van der Waals surface area (Å²) in [4.78, 5) is 0. The fraction of sp³-hybridized carbons (Fsp3) is 0.200. The smallest absolute Gasteiger partial charge is 0.429 e. The Balaban J connectivity index is 1.92. The third-order valence-electron chi connectivity index (χ3n) is 4.95. The highest BCUT2D eigenvalue weighted by Gasteiger charge is 2.41. The highest BCUT2D eigenvalue weighted by atomic mass is 19.4. The number of ether oxygens (including phenoxy) is 1. The third kappa shape index (κ3) is 6.19. The van der Waals surface area contributed by atoms with E-state index in [2.05, 4.69) is 4.74 Å². The van der Waals surface area contributed by atoms with Crippen LogP contribution in [-0.2, 0) is 12.5 Å². The Kier molecular flexibility index (Phi) is 7.70. The molecule has 0 aliphatic rings. The molecular formula is C25H16F10O. The fourth-order valence-corrected chi connectivity index (χ4v) is 3.42. The summed E-state index contributed by atoms with van der Waals surface area (Å²) in [6.07, 6.45) is -9.48. The molecule has 3 rings (SSSR count). The SMILES string of the molecule is CCCc1ccc(-c2cc(F)c(C(F)(F)Oc3cc(F)c(C(F)=CC(F)(F)F)c(F)c3)c(F)c2)cc1. The lowest BCUT2D eigenvalue weighted by molar-refractivity contribution is -0.189. The van der Waals surface area contributed by atoms with E-state index in [1.54, 1.807) is 24.3 Å². The van der Waals surface area contributed by atoms with Crippen LogP contribution in [0.5, 0.6) is 5.75 Å². The Morgan fingerprint density at radius 3 is 1.78 bits per heavy atom. The average Bonchev–Trinajstić information content (AvgIpc) is 2.71. The fourth-order valence-electron chi connectivity index (χ4n) is 3.42. The molecule has 0 aliphatic heterocycles. The molecule has 0 heterocycles. The summed E-state index contributed by atoms with van der Waals surface area (Å²) in [5.74, 6) is -11.2. The van der Waals surface area contributed by atoms with E-state index < -0.39 is 64.3 Å². The maximum absolute atomic E-state index is 14.6. The van der Waals surface area contributed by atoms with Crippen molar-refractivity contribution < 1.29 is 48.6 Å². The van der Waals surface area contributed by atoms with Crippen molar-refractivity contribution in [1.29, 1.82) is 0 Å². The Hall–Kier alpha value is -3.50. The first-order valence-corrected chi connectivity index (χ1v) is 10.3. The van der Waals surface area contributed by atoms with Crippen molar-refractivity contribution in [2.24, 2.45) is 0 Å². The minimum Gasteiger partial charge on any atom is -0.429 e. The predicted molar refractivity (Wildman–Crippen MR) is 112 cm³/mol. The molecule has 0 saturated carbocycles. The molecule has 0 fully saturated rings. The summed E-state index contributed by atoms with van der Waals surface area (Å²) in [5.41, 5.74) is -2.44. The number of aryl methyl sites for hydroxylation is 1. The van der Waals surface area contributed by atoms with E-state index in [1.807, 2.05) is 6.92 Å². The van der Waals surface area contributed by atoms with Crippen LogP contribution in [0.2, 0.25) is 0 Å². The molecule has 0 atom stereocenters. The normalized spacial score (nSPS) is 12.7. The van der Waals surface area contributed by atoms with Gasteiger partial charge in [0.2, 0.25) is 0 Å². The van der Waals surface area contributed by atoms with E-state index in [-0.39, 0.29) is 17.7 Å². The summed E-state index contributed by atoms with van der Waals surface area (Å²) in [7, 11) is 0. The van der Waals surface area contributed by atoms with Gasteiger partial charge in [0.15, 0.2) is 0 Å². The van der Waals surface area contributed by atoms with Gasteiger partial charge in [-0.05, 0) is 35.2 Å². The molecule has 192 valence electrons. The van der Waals surface area contributed by atoms with Crippen LogP contribution in [0.4, 0.5) is 43.9 Å². The molecule has 0 aliphatic carbocycles. The van der Waals surface area contributed by atoms with Crippen LogP contribution in [0.25, 0.3) is 17.0 Å². The molecule has 3 aromatic rings. The minimum absolute atomic E-state index is 0.0435. The molecule has 3 aromatic carbocycles. The molecule has 0 spiro atoms. The molecule has 0 amide bonds. The molecule has 0 aromatic heterocycles. The zero-order valence-electron chi connectivity index (χ0n) is 18.3. The number of alkyl halides is 5. The lowest BCUT2D eigenvalue weighted by atomic mass is 10.00. The monoisotopic (exact) mass is 522 g/mol. The summed E-state index contributed by atoms with van der Waals surface area (Å²) in [5, 5.41) is 0. The molecule has 36 heavy (non-hydrogen) atoms. The largest absolute Gasteiger partial charge is 0.432 e. The molecule has 0 N–H and O–H groups in total. The lowest BCUT2D eigenvalue weighted by Gasteiger charge is -2.20. The van der Waals surface area contributed by atoms with Gasteiger partial charge in [-0.2, -0.15) is 22.0 Å². The van der Waals surface area contributed by atoms with Crippen molar-refractivity contribution in [1.82, 2.24) is 0 Å². The lowest BCUT2D eigenvalue weighted by Crippen LogP contribution is -2.25. The van der Waals surface area contributed by atoms with Crippen LogP contribution in [0, 0.1) is 23.3 Å². The number of hydrogen-bond acceptors (Lipinski definition) is 1. The maximum Gasteiger partial charge on any atom is 0.432 e. The van der Waals surface area contributed by atoms with Crippen molar-refractivity contribution >= 4 is 5.83 Å². The van der Waals surface area contributed by atoms with E-state index in [0.717, 1.165) is 18.4 Å². The highest BCUT2D eigenvalue weighted by molar-refractivity contribution is 5.65. The van der Waals surface area contributed by atoms with Gasteiger partial charge < -0.3 is 4.74 Å². The van der Waals surface area contributed by atoms with Crippen LogP contribution in [0.1, 0.15) is 30.0 Å². The molecule has 0 bridgehead atoms. The van der Waals surface area contributed by atoms with E-state index >= 15 is 0 Å². The van der Waals surface area contributed by atoms with Crippen molar-refractivity contribution in [3.8, 4) is 16.9 Å². The first-order chi connectivity index (χ1) is 16.7. The van der Waals surface area contributed by atoms with Crippen molar-refractivity contribution in [3.05, 3.63) is 94.6 Å². The Labute approximate surface area is 198 Å². The van der Waals surface area contributed by atoms with Gasteiger partial charge in [0.1, 0.15) is 40.4 Å². The van der Waals surface area contributed by atoms with Gasteiger partial charge in [-0.15, -0.1) is 0 Å². The molecule has 11 heteroatoms. The standard InChI is InChI=1S/C25H16F10O/c1-2-3-13-4-6-14(7-5-13)15-8-19(28)23(20(29)9-15)25(34,35)36-16-10-17(26)22(18(27)11-16)21(30)12-24(31,32)33/h4-12H,2-3H2,1H3. The quantitative estimate of drug-likeness (QED) is 0.282. The molecule has 0 unspecified atom stereocenters. The van der Waals surface area contributed by atoms with Crippen LogP contribution >= 0.6 is 0 Å². The van der Waals surface area contributed by atoms with Crippen LogP contribution in [0.3, 0.4) is 0 Å². The molecule has 1 nitrogen and oxygen atoms in total. The average molecular weight is 522 g/mol. The van der Waals surface area contributed by atoms with Crippen molar-refractivity contribution in [2.75, 3.05) is 0 Å². The number of allylic oxidation sites excluding steroid dienone is 1. The number of benzene rings is 3. The van der Waals surface area contributed by atoms with Gasteiger partial charge in [0.25, 0.3) is 0 Å². The second kappa shape index (κ2) is 10.2. The van der Waals surface area contributed by atoms with Gasteiger partial charge in [-0.1, -0.05) is 37.6 Å². The van der Waals surface area contributed by atoms with E-state index in [1.165, 1.54) is 0 Å². The van der Waals surface area contributed by atoms with Crippen molar-refractivity contribution in [2.45, 2.75) is 32.1 Å². The van der Waals surface area contributed by atoms with Gasteiger partial charge in [0.05, 0.1) is 11.6 Å². The van der Waals surface area contributed by atoms with E-state index in [4.69, 9.17) is 0 Å². The minimum atomic E-state index is -5.26. The summed E-state index contributed by atoms with van der Waals surface area (Å²) < 4.78 is 141. The third-order valence-corrected chi connectivity index (χ3v) is 4.95. The van der Waals surface area contributed by atoms with Gasteiger partial charge in [-0.3, -0.25) is 0 Å². The maximum atomic E-state index is 14.6. The highest BCUT2D eigenvalue weighted by Crippen LogP contribution is 2.38. The number of hydrogen-bond donors (Lipinski definition) is 0. The van der Waals surface area contributed by atoms with Crippen LogP contribution in [-0.4, -0.2) is 6.18 Å². The number of rotatable bonds is 7. The topological polar surface area (TPSA) is 9.23 Å². The first-order valence-electron chi connectivity index (χ1n) is 10.3. The summed E-state index contributed by atoms with van der Waals surface area (Å²) >= 11 is 0. The summed E-state index contributed by atoms with van der Waals surface area (Å²) in [6, 6.07) is 7.66. The second-order valence-electron chi connectivity index (χ2n) is 7.68. The van der Waals surface area contributed by atoms with Crippen LogP contribution < -0.4 is 4.74 Å². The zero-order valence-corrected chi connectivity index (χ0v) is 18.3. The first kappa shape index (κ1) is 27.1. The zero-order chi connectivity index (χ0) is 26.8. The Morgan fingerprint density at radius 1 is 0.778 bits per heavy atom. The number of halogens is 10. The van der Waals surface area contributed by atoms with Crippen molar-refractivity contribution in [3.63, 3.8) is 0 Å². The Morgan fingerprint density at radius 2 is 1.31 bits per heavy atom. The molecule has 0 radical (unpaired) electrons. The Bertz CT molecular complexity index is 1230. The van der Waals surface area contributed by atoms with Crippen LogP contribution in [0.15, 0.2) is 54.6 Å². The van der Waals surface area contributed by atoms with Gasteiger partial charge >= 0.3 is 12.3 Å².